The van der Waals surface area contributed by atoms with Gasteiger partial charge in [-0.25, -0.2) is 16.8 Å². The molecular formula is C30H30ClN3O6S3. The molecule has 4 aromatic carbocycles. The van der Waals surface area contributed by atoms with Crippen LogP contribution in [0.5, 0.6) is 5.75 Å². The number of nitrogens with zero attached hydrogens (tertiary/aromatic N) is 1. The molecule has 1 amide bonds. The highest BCUT2D eigenvalue weighted by atomic mass is 35.5. The van der Waals surface area contributed by atoms with E-state index in [-0.39, 0.29) is 21.2 Å². The SMILES string of the molecule is CCOc1ccccc1N(CC(=O)Nc1ccc(S(=O)(=O)Nc2cccc(Cl)c2C)cc1)S(=O)(=O)c1ccc(SC)cc1. The Kier molecular flexibility index (Phi) is 10.3. The molecule has 0 aromatic heterocycles. The van der Waals surface area contributed by atoms with Gasteiger partial charge in [0.1, 0.15) is 12.3 Å². The molecule has 43 heavy (non-hydrogen) atoms. The molecule has 0 aliphatic carbocycles. The zero-order chi connectivity index (χ0) is 31.2. The van der Waals surface area contributed by atoms with Crippen molar-refractivity contribution in [3.05, 3.63) is 102 Å². The third kappa shape index (κ3) is 7.63. The fourth-order valence-electron chi connectivity index (χ4n) is 4.09. The Morgan fingerprint density at radius 1 is 0.884 bits per heavy atom. The van der Waals surface area contributed by atoms with E-state index in [2.05, 4.69) is 10.0 Å². The molecule has 0 unspecified atom stereocenters. The lowest BCUT2D eigenvalue weighted by molar-refractivity contribution is -0.114. The predicted molar refractivity (Wildman–Crippen MR) is 172 cm³/mol. The van der Waals surface area contributed by atoms with Gasteiger partial charge in [-0.05, 0) is 98.5 Å². The molecule has 0 radical (unpaired) electrons. The first-order valence-electron chi connectivity index (χ1n) is 13.0. The molecule has 4 aromatic rings. The first-order valence-corrected chi connectivity index (χ1v) is 17.6. The van der Waals surface area contributed by atoms with Crippen LogP contribution in [0.25, 0.3) is 0 Å². The maximum absolute atomic E-state index is 13.8. The molecule has 0 spiro atoms. The Bertz CT molecular complexity index is 1820. The second-order valence-electron chi connectivity index (χ2n) is 9.18. The van der Waals surface area contributed by atoms with Gasteiger partial charge >= 0.3 is 0 Å². The first-order chi connectivity index (χ1) is 20.5. The van der Waals surface area contributed by atoms with Gasteiger partial charge < -0.3 is 10.1 Å². The third-order valence-electron chi connectivity index (χ3n) is 6.33. The molecule has 0 aliphatic heterocycles. The van der Waals surface area contributed by atoms with Crippen LogP contribution < -0.4 is 19.1 Å². The first kappa shape index (κ1) is 32.2. The highest BCUT2D eigenvalue weighted by molar-refractivity contribution is 7.98. The van der Waals surface area contributed by atoms with Crippen molar-refractivity contribution in [2.24, 2.45) is 0 Å². The van der Waals surface area contributed by atoms with E-state index in [0.29, 0.717) is 28.6 Å². The van der Waals surface area contributed by atoms with Gasteiger partial charge in [-0.3, -0.25) is 13.8 Å². The number of ether oxygens (including phenoxy) is 1. The minimum Gasteiger partial charge on any atom is -0.492 e. The van der Waals surface area contributed by atoms with Crippen LogP contribution in [0.3, 0.4) is 0 Å². The monoisotopic (exact) mass is 659 g/mol. The van der Waals surface area contributed by atoms with Crippen molar-refractivity contribution >= 4 is 66.4 Å². The summed E-state index contributed by atoms with van der Waals surface area (Å²) in [4.78, 5) is 14.1. The summed E-state index contributed by atoms with van der Waals surface area (Å²) in [6.07, 6.45) is 1.89. The van der Waals surface area contributed by atoms with E-state index in [9.17, 15) is 21.6 Å². The van der Waals surface area contributed by atoms with E-state index in [4.69, 9.17) is 16.3 Å². The number of carbonyl (C=O) groups excluding carboxylic acids is 1. The zero-order valence-electron chi connectivity index (χ0n) is 23.6. The van der Waals surface area contributed by atoms with E-state index in [1.807, 2.05) is 6.26 Å². The van der Waals surface area contributed by atoms with Gasteiger partial charge in [0.25, 0.3) is 20.0 Å². The second kappa shape index (κ2) is 13.7. The van der Waals surface area contributed by atoms with Crippen LogP contribution >= 0.6 is 23.4 Å². The van der Waals surface area contributed by atoms with E-state index in [1.165, 1.54) is 48.2 Å². The molecule has 2 N–H and O–H groups in total. The number of thioether (sulfide) groups is 1. The molecule has 0 bridgehead atoms. The fraction of sp³-hybridized carbons (Fsp3) is 0.167. The number of sulfonamides is 2. The van der Waals surface area contributed by atoms with Crippen molar-refractivity contribution in [3.63, 3.8) is 0 Å². The normalized spacial score (nSPS) is 11.5. The molecule has 0 atom stereocenters. The topological polar surface area (TPSA) is 122 Å². The number of nitrogens with one attached hydrogen (secondary N) is 2. The largest absolute Gasteiger partial charge is 0.492 e. The van der Waals surface area contributed by atoms with E-state index >= 15 is 0 Å². The van der Waals surface area contributed by atoms with Crippen molar-refractivity contribution in [3.8, 4) is 5.75 Å². The maximum Gasteiger partial charge on any atom is 0.264 e. The van der Waals surface area contributed by atoms with E-state index in [1.54, 1.807) is 68.4 Å². The highest BCUT2D eigenvalue weighted by Crippen LogP contribution is 2.33. The lowest BCUT2D eigenvalue weighted by Crippen LogP contribution is -2.38. The average Bonchev–Trinajstić information content (AvgIpc) is 2.99. The number of carbonyl (C=O) groups is 1. The summed E-state index contributed by atoms with van der Waals surface area (Å²) < 4.78 is 62.7. The molecule has 0 aliphatic rings. The van der Waals surface area contributed by atoms with Gasteiger partial charge in [0.15, 0.2) is 0 Å². The summed E-state index contributed by atoms with van der Waals surface area (Å²) >= 11 is 7.59. The van der Waals surface area contributed by atoms with Crippen molar-refractivity contribution in [2.45, 2.75) is 28.5 Å². The Morgan fingerprint density at radius 3 is 2.19 bits per heavy atom. The quantitative estimate of drug-likeness (QED) is 0.169. The van der Waals surface area contributed by atoms with Gasteiger partial charge in [0.05, 0.1) is 27.8 Å². The number of amides is 1. The predicted octanol–water partition coefficient (Wildman–Crippen LogP) is 6.40. The van der Waals surface area contributed by atoms with E-state index in [0.717, 1.165) is 9.20 Å². The van der Waals surface area contributed by atoms with Crippen LogP contribution in [0.4, 0.5) is 17.1 Å². The number of anilines is 3. The molecule has 0 fully saturated rings. The summed E-state index contributed by atoms with van der Waals surface area (Å²) in [5, 5.41) is 3.08. The van der Waals surface area contributed by atoms with Crippen LogP contribution in [0, 0.1) is 6.92 Å². The molecule has 0 saturated heterocycles. The van der Waals surface area contributed by atoms with Gasteiger partial charge in [-0.1, -0.05) is 29.8 Å². The summed E-state index contributed by atoms with van der Waals surface area (Å²) in [5.74, 6) is -0.335. The van der Waals surface area contributed by atoms with Crippen LogP contribution in [-0.2, 0) is 24.8 Å². The molecule has 0 heterocycles. The number of hydrogen-bond donors (Lipinski definition) is 2. The number of hydrogen-bond acceptors (Lipinski definition) is 7. The lowest BCUT2D eigenvalue weighted by Gasteiger charge is -2.26. The molecule has 0 saturated carbocycles. The minimum absolute atomic E-state index is 0.0152. The van der Waals surface area contributed by atoms with Crippen LogP contribution in [0.1, 0.15) is 12.5 Å². The number of benzene rings is 4. The van der Waals surface area contributed by atoms with Crippen molar-refractivity contribution in [1.82, 2.24) is 0 Å². The molecule has 13 heteroatoms. The fourth-order valence-corrected chi connectivity index (χ4v) is 7.22. The number of rotatable bonds is 12. The Hall–Kier alpha value is -3.71. The highest BCUT2D eigenvalue weighted by Gasteiger charge is 2.29. The molecule has 226 valence electrons. The summed E-state index contributed by atoms with van der Waals surface area (Å²) in [6, 6.07) is 23.4. The van der Waals surface area contributed by atoms with Gasteiger partial charge in [0.2, 0.25) is 5.91 Å². The van der Waals surface area contributed by atoms with Crippen LogP contribution in [0.15, 0.2) is 106 Å². The number of para-hydroxylation sites is 2. The Balaban J connectivity index is 1.58. The van der Waals surface area contributed by atoms with Crippen molar-refractivity contribution in [1.29, 1.82) is 0 Å². The van der Waals surface area contributed by atoms with Gasteiger partial charge in [-0.15, -0.1) is 11.8 Å². The summed E-state index contributed by atoms with van der Waals surface area (Å²) in [5.41, 5.74) is 1.42. The van der Waals surface area contributed by atoms with Gasteiger partial charge in [-0.2, -0.15) is 0 Å². The van der Waals surface area contributed by atoms with Gasteiger partial charge in [0, 0.05) is 15.6 Å². The lowest BCUT2D eigenvalue weighted by atomic mass is 10.2. The number of halogens is 1. The maximum atomic E-state index is 13.8. The smallest absolute Gasteiger partial charge is 0.264 e. The van der Waals surface area contributed by atoms with Crippen LogP contribution in [0.2, 0.25) is 5.02 Å². The molecule has 9 nitrogen and oxygen atoms in total. The second-order valence-corrected chi connectivity index (χ2v) is 14.0. The van der Waals surface area contributed by atoms with E-state index < -0.39 is 32.5 Å². The van der Waals surface area contributed by atoms with Crippen molar-refractivity contribution < 1.29 is 26.4 Å². The minimum atomic E-state index is -4.18. The third-order valence-corrected chi connectivity index (χ3v) is 10.6. The average molecular weight is 660 g/mol. The standard InChI is InChI=1S/C30H30ClN3O6S3/c1-4-40-29-11-6-5-10-28(29)34(43(38,39)25-18-14-23(41-3)15-19-25)20-30(35)32-22-12-16-24(17-13-22)42(36,37)33-27-9-7-8-26(31)21(27)2/h5-19,33H,4,20H2,1-3H3,(H,32,35). The molecular weight excluding hydrogens is 630 g/mol. The Morgan fingerprint density at radius 2 is 1.53 bits per heavy atom. The zero-order valence-corrected chi connectivity index (χ0v) is 26.8. The van der Waals surface area contributed by atoms with Crippen molar-refractivity contribution in [2.75, 3.05) is 33.8 Å². The van der Waals surface area contributed by atoms with Crippen LogP contribution in [-0.4, -0.2) is 42.2 Å². The summed E-state index contributed by atoms with van der Waals surface area (Å²) in [6.45, 7) is 3.21. The molecule has 4 rings (SSSR count). The summed E-state index contributed by atoms with van der Waals surface area (Å²) in [7, 11) is -8.13. The Labute approximate surface area is 261 Å².